The van der Waals surface area contributed by atoms with E-state index in [9.17, 15) is 29.1 Å². The Hall–Kier alpha value is -2.73. The molecule has 1 aliphatic rings. The van der Waals surface area contributed by atoms with E-state index in [2.05, 4.69) is 25.7 Å². The molecule has 0 bridgehead atoms. The Balaban J connectivity index is 2.64. The minimum absolute atomic E-state index is 0.0231. The van der Waals surface area contributed by atoms with Crippen LogP contribution < -0.4 is 0 Å². The number of unbranched alkanes of at least 4 members (excludes halogenated alkanes) is 18. The van der Waals surface area contributed by atoms with E-state index >= 15 is 0 Å². The summed E-state index contributed by atoms with van der Waals surface area (Å²) in [5, 5.41) is 9.45. The largest absolute Gasteiger partial charge is 0.465 e. The molecule has 368 valence electrons. The van der Waals surface area contributed by atoms with Crippen LogP contribution in [0.2, 0.25) is 0 Å². The number of aliphatic hydroxyl groups excluding tert-OH is 1. The zero-order chi connectivity index (χ0) is 46.0. The van der Waals surface area contributed by atoms with Crippen LogP contribution in [0.15, 0.2) is 0 Å². The molecule has 0 heterocycles. The fourth-order valence-corrected chi connectivity index (χ4v) is 7.75. The van der Waals surface area contributed by atoms with Crippen molar-refractivity contribution in [1.29, 1.82) is 0 Å². The van der Waals surface area contributed by atoms with Gasteiger partial charge in [-0.1, -0.05) is 136 Å². The highest BCUT2D eigenvalue weighted by Gasteiger charge is 2.24. The van der Waals surface area contributed by atoms with E-state index in [1.807, 2.05) is 0 Å². The van der Waals surface area contributed by atoms with Crippen molar-refractivity contribution in [3.8, 4) is 0 Å². The average molecular weight is 896 g/mol. The molecule has 0 aromatic rings. The third-order valence-electron chi connectivity index (χ3n) is 12.2. The second-order valence-electron chi connectivity index (χ2n) is 18.1. The summed E-state index contributed by atoms with van der Waals surface area (Å²) in [6.07, 6.45) is 29.4. The molecule has 1 unspecified atom stereocenters. The van der Waals surface area contributed by atoms with Gasteiger partial charge in [0, 0.05) is 50.6 Å². The van der Waals surface area contributed by atoms with Crippen molar-refractivity contribution in [2.75, 3.05) is 52.7 Å². The quantitative estimate of drug-likeness (QED) is 0.0351. The van der Waals surface area contributed by atoms with E-state index in [0.717, 1.165) is 109 Å². The summed E-state index contributed by atoms with van der Waals surface area (Å²) < 4.78 is 28.0. The molecule has 0 amide bonds. The first-order valence-electron chi connectivity index (χ1n) is 25.8. The number of aliphatic hydroxyl groups is 1. The van der Waals surface area contributed by atoms with Crippen LogP contribution >= 0.6 is 0 Å². The number of hydrogen-bond donors (Lipinski definition) is 1. The number of carbonyl (C=O) groups excluding carboxylic acids is 5. The van der Waals surface area contributed by atoms with Crippen LogP contribution in [0.5, 0.6) is 0 Å². The van der Waals surface area contributed by atoms with Crippen molar-refractivity contribution in [2.24, 2.45) is 11.8 Å². The lowest BCUT2D eigenvalue weighted by Gasteiger charge is -2.37. The Kier molecular flexibility index (Phi) is 38.8. The molecule has 12 nitrogen and oxygen atoms in total. The molecule has 1 saturated carbocycles. The summed E-state index contributed by atoms with van der Waals surface area (Å²) in [6, 6.07) is 0.528. The lowest BCUT2D eigenvalue weighted by molar-refractivity contribution is -0.155. The summed E-state index contributed by atoms with van der Waals surface area (Å²) in [6.45, 7) is 8.25. The van der Waals surface area contributed by atoms with Gasteiger partial charge in [-0.15, -0.1) is 0 Å². The van der Waals surface area contributed by atoms with Crippen LogP contribution in [-0.4, -0.2) is 98.6 Å². The Bertz CT molecular complexity index is 1120. The fourth-order valence-electron chi connectivity index (χ4n) is 7.75. The number of rotatable bonds is 45. The molecule has 63 heavy (non-hydrogen) atoms. The Morgan fingerprint density at radius 1 is 0.429 bits per heavy atom. The normalized spacial score (nSPS) is 13.2. The predicted molar refractivity (Wildman–Crippen MR) is 249 cm³/mol. The van der Waals surface area contributed by atoms with Gasteiger partial charge in [-0.05, 0) is 64.3 Å². The zero-order valence-electron chi connectivity index (χ0n) is 40.5. The SMILES string of the molecule is CCCCCCCCCCCCC(=O)OCC(COC(=O)CCCCN(CCO)C1CCC1)COC(=O)CCCC(COC(=O)CCCCCCC)COC(=O)CCCCCCC. The van der Waals surface area contributed by atoms with Gasteiger partial charge in [-0.3, -0.25) is 28.9 Å². The van der Waals surface area contributed by atoms with Crippen LogP contribution in [0.4, 0.5) is 0 Å². The molecule has 1 N–H and O–H groups in total. The molecular weight excluding hydrogens is 803 g/mol. The van der Waals surface area contributed by atoms with Crippen LogP contribution in [0, 0.1) is 11.8 Å². The molecule has 0 spiro atoms. The number of esters is 5. The lowest BCUT2D eigenvalue weighted by atomic mass is 9.91. The first kappa shape index (κ1) is 58.3. The van der Waals surface area contributed by atoms with Crippen molar-refractivity contribution in [2.45, 2.75) is 232 Å². The third-order valence-corrected chi connectivity index (χ3v) is 12.2. The summed E-state index contributed by atoms with van der Waals surface area (Å²) in [5.74, 6) is -2.37. The second-order valence-corrected chi connectivity index (χ2v) is 18.1. The van der Waals surface area contributed by atoms with E-state index in [1.165, 1.54) is 51.4 Å². The lowest BCUT2D eigenvalue weighted by Crippen LogP contribution is -2.42. The minimum Gasteiger partial charge on any atom is -0.465 e. The molecular formula is C51H93NO11. The molecule has 12 heteroatoms. The van der Waals surface area contributed by atoms with Gasteiger partial charge in [-0.25, -0.2) is 0 Å². The molecule has 0 radical (unpaired) electrons. The van der Waals surface area contributed by atoms with Gasteiger partial charge in [0.1, 0.15) is 19.8 Å². The highest BCUT2D eigenvalue weighted by Crippen LogP contribution is 2.25. The average Bonchev–Trinajstić information content (AvgIpc) is 3.25. The van der Waals surface area contributed by atoms with Gasteiger partial charge in [0.2, 0.25) is 0 Å². The summed E-state index contributed by atoms with van der Waals surface area (Å²) >= 11 is 0. The Labute approximate surface area is 383 Å². The number of ether oxygens (including phenoxy) is 5. The van der Waals surface area contributed by atoms with Crippen molar-refractivity contribution >= 4 is 29.8 Å². The maximum absolute atomic E-state index is 13.0. The van der Waals surface area contributed by atoms with Gasteiger partial charge >= 0.3 is 29.8 Å². The zero-order valence-corrected chi connectivity index (χ0v) is 40.5. The number of nitrogens with zero attached hydrogens (tertiary/aromatic N) is 1. The summed E-state index contributed by atoms with van der Waals surface area (Å²) in [4.78, 5) is 65.6. The van der Waals surface area contributed by atoms with Gasteiger partial charge in [0.25, 0.3) is 0 Å². The van der Waals surface area contributed by atoms with Gasteiger partial charge < -0.3 is 28.8 Å². The van der Waals surface area contributed by atoms with Gasteiger partial charge in [0.15, 0.2) is 0 Å². The highest BCUT2D eigenvalue weighted by atomic mass is 16.6. The number of carbonyl (C=O) groups is 5. The number of hydrogen-bond acceptors (Lipinski definition) is 12. The Morgan fingerprint density at radius 2 is 0.746 bits per heavy atom. The molecule has 0 aliphatic heterocycles. The maximum Gasteiger partial charge on any atom is 0.305 e. The molecule has 1 rings (SSSR count). The first-order valence-corrected chi connectivity index (χ1v) is 25.8. The first-order chi connectivity index (χ1) is 30.7. The topological polar surface area (TPSA) is 155 Å². The van der Waals surface area contributed by atoms with E-state index < -0.39 is 11.9 Å². The van der Waals surface area contributed by atoms with Crippen molar-refractivity contribution < 1.29 is 52.8 Å². The van der Waals surface area contributed by atoms with E-state index in [4.69, 9.17) is 23.7 Å². The third kappa shape index (κ3) is 35.2. The monoisotopic (exact) mass is 896 g/mol. The molecule has 1 fully saturated rings. The van der Waals surface area contributed by atoms with Gasteiger partial charge in [0.05, 0.1) is 25.7 Å². The van der Waals surface area contributed by atoms with Crippen LogP contribution in [-0.2, 0) is 47.7 Å². The predicted octanol–water partition coefficient (Wildman–Crippen LogP) is 11.2. The Morgan fingerprint density at radius 3 is 1.08 bits per heavy atom. The van der Waals surface area contributed by atoms with Crippen LogP contribution in [0.1, 0.15) is 226 Å². The molecule has 1 aliphatic carbocycles. The fraction of sp³-hybridized carbons (Fsp3) is 0.902. The standard InChI is InChI=1S/C51H93NO11/c1-4-7-10-13-14-15-16-17-20-23-33-49(56)61-41-45(42-62-50(57)34-24-25-36-52(37-38-53)46-29-27-30-46)43-63-51(58)35-26-28-44(39-59-47(54)31-21-18-11-8-5-2)40-60-48(55)32-22-19-12-9-6-3/h44-46,53H,4-43H2,1-3H3. The van der Waals surface area contributed by atoms with Crippen LogP contribution in [0.25, 0.3) is 0 Å². The summed E-state index contributed by atoms with van der Waals surface area (Å²) in [7, 11) is 0. The molecule has 0 saturated heterocycles. The van der Waals surface area contributed by atoms with Crippen molar-refractivity contribution in [3.05, 3.63) is 0 Å². The van der Waals surface area contributed by atoms with E-state index in [0.29, 0.717) is 51.1 Å². The van der Waals surface area contributed by atoms with Gasteiger partial charge in [-0.2, -0.15) is 0 Å². The molecule has 0 aromatic carbocycles. The van der Waals surface area contributed by atoms with E-state index in [1.54, 1.807) is 0 Å². The molecule has 0 aromatic heterocycles. The second kappa shape index (κ2) is 41.9. The maximum atomic E-state index is 13.0. The summed E-state index contributed by atoms with van der Waals surface area (Å²) in [5.41, 5.74) is 0. The van der Waals surface area contributed by atoms with E-state index in [-0.39, 0.29) is 82.3 Å². The van der Waals surface area contributed by atoms with Crippen molar-refractivity contribution in [3.63, 3.8) is 0 Å². The molecule has 1 atom stereocenters. The minimum atomic E-state index is -0.510. The highest BCUT2D eigenvalue weighted by molar-refractivity contribution is 5.71. The van der Waals surface area contributed by atoms with Crippen LogP contribution in [0.3, 0.4) is 0 Å². The van der Waals surface area contributed by atoms with Crippen molar-refractivity contribution in [1.82, 2.24) is 4.90 Å². The smallest absolute Gasteiger partial charge is 0.305 e.